The normalized spacial score (nSPS) is 20.5. The molecule has 10 heavy (non-hydrogen) atoms. The number of carbonyl (C=O) groups is 1. The van der Waals surface area contributed by atoms with Crippen LogP contribution in [0.25, 0.3) is 0 Å². The van der Waals surface area contributed by atoms with Crippen molar-refractivity contribution in [3.05, 3.63) is 5.25 Å². The quantitative estimate of drug-likeness (QED) is 0.549. The van der Waals surface area contributed by atoms with Crippen molar-refractivity contribution in [2.45, 2.75) is 0 Å². The van der Waals surface area contributed by atoms with Crippen LogP contribution in [0.2, 0.25) is 0 Å². The minimum Gasteiger partial charge on any atom is -0.468 e. The molecule has 0 aromatic heterocycles. The number of rotatable bonds is 1. The monoisotopic (exact) mass is 160 g/mol. The molecule has 1 radical (unpaired) electrons. The largest absolute Gasteiger partial charge is 0.468 e. The molecule has 57 valence electrons. The second kappa shape index (κ2) is 3.83. The summed E-state index contributed by atoms with van der Waals surface area (Å²) in [5.41, 5.74) is 0. The van der Waals surface area contributed by atoms with E-state index in [4.69, 9.17) is 0 Å². The van der Waals surface area contributed by atoms with E-state index in [1.165, 1.54) is 7.11 Å². The first-order valence-corrected chi connectivity index (χ1v) is 4.11. The topological polar surface area (TPSA) is 38.3 Å². The molecule has 0 unspecified atom stereocenters. The molecule has 1 heterocycles. The highest BCUT2D eigenvalue weighted by atomic mass is 32.2. The van der Waals surface area contributed by atoms with Crippen LogP contribution in [0.15, 0.2) is 0 Å². The van der Waals surface area contributed by atoms with Gasteiger partial charge in [-0.05, 0) is 0 Å². The summed E-state index contributed by atoms with van der Waals surface area (Å²) in [5.74, 6) is 0.766. The Balaban J connectivity index is 2.31. The van der Waals surface area contributed by atoms with E-state index in [-0.39, 0.29) is 5.97 Å². The van der Waals surface area contributed by atoms with Gasteiger partial charge in [0.1, 0.15) is 0 Å². The number of hydrogen-bond acceptors (Lipinski definition) is 4. The molecular weight excluding hydrogens is 150 g/mol. The Hall–Kier alpha value is -0.220. The van der Waals surface area contributed by atoms with Crippen molar-refractivity contribution in [1.82, 2.24) is 5.32 Å². The number of nitrogens with one attached hydrogen (secondary N) is 1. The first-order valence-electron chi connectivity index (χ1n) is 3.12. The lowest BCUT2D eigenvalue weighted by molar-refractivity contribution is -0.137. The van der Waals surface area contributed by atoms with Gasteiger partial charge >= 0.3 is 5.97 Å². The number of carbonyl (C=O) groups excluding carboxylic acids is 1. The summed E-state index contributed by atoms with van der Waals surface area (Å²) < 4.78 is 4.55. The van der Waals surface area contributed by atoms with Gasteiger partial charge in [0.15, 0.2) is 5.25 Å². The third-order valence-electron chi connectivity index (χ3n) is 1.25. The fourth-order valence-electron chi connectivity index (χ4n) is 0.744. The fourth-order valence-corrected chi connectivity index (χ4v) is 1.64. The van der Waals surface area contributed by atoms with E-state index in [0.717, 1.165) is 17.5 Å². The summed E-state index contributed by atoms with van der Waals surface area (Å²) in [7, 11) is 1.41. The molecule has 3 nitrogen and oxygen atoms in total. The Kier molecular flexibility index (Phi) is 3.02. The highest BCUT2D eigenvalue weighted by Gasteiger charge is 2.22. The van der Waals surface area contributed by atoms with Crippen LogP contribution in [0.4, 0.5) is 0 Å². The van der Waals surface area contributed by atoms with Gasteiger partial charge in [0.05, 0.1) is 7.11 Å². The van der Waals surface area contributed by atoms with Gasteiger partial charge < -0.3 is 10.1 Å². The summed E-state index contributed by atoms with van der Waals surface area (Å²) in [6.07, 6.45) is 0. The molecule has 0 aliphatic carbocycles. The van der Waals surface area contributed by atoms with E-state index >= 15 is 0 Å². The van der Waals surface area contributed by atoms with Crippen LogP contribution in [0.1, 0.15) is 0 Å². The molecule has 0 bridgehead atoms. The maximum Gasteiger partial charge on any atom is 0.325 e. The van der Waals surface area contributed by atoms with Crippen molar-refractivity contribution in [3.63, 3.8) is 0 Å². The minimum absolute atomic E-state index is 0.197. The first-order chi connectivity index (χ1) is 4.84. The number of thioether (sulfide) groups is 1. The van der Waals surface area contributed by atoms with Crippen LogP contribution in [0, 0.1) is 5.25 Å². The average Bonchev–Trinajstić information content (AvgIpc) is 2.05. The Bertz CT molecular complexity index is 123. The van der Waals surface area contributed by atoms with Crippen molar-refractivity contribution in [2.24, 2.45) is 0 Å². The van der Waals surface area contributed by atoms with Gasteiger partial charge in [-0.2, -0.15) is 0 Å². The van der Waals surface area contributed by atoms with Crippen LogP contribution in [-0.4, -0.2) is 31.9 Å². The Morgan fingerprint density at radius 3 is 3.10 bits per heavy atom. The van der Waals surface area contributed by atoms with Crippen LogP contribution in [0.3, 0.4) is 0 Å². The summed E-state index contributed by atoms with van der Waals surface area (Å²) in [5, 5.41) is 3.88. The molecule has 1 aliphatic heterocycles. The molecule has 1 saturated heterocycles. The lowest BCUT2D eigenvalue weighted by Gasteiger charge is -2.18. The van der Waals surface area contributed by atoms with Crippen LogP contribution >= 0.6 is 11.8 Å². The third kappa shape index (κ3) is 1.88. The molecule has 1 N–H and O–H groups in total. The Labute approximate surface area is 64.5 Å². The van der Waals surface area contributed by atoms with E-state index in [1.807, 2.05) is 0 Å². The molecule has 4 heteroatoms. The van der Waals surface area contributed by atoms with Crippen molar-refractivity contribution in [2.75, 3.05) is 26.0 Å². The van der Waals surface area contributed by atoms with Gasteiger partial charge in [-0.3, -0.25) is 4.79 Å². The third-order valence-corrected chi connectivity index (χ3v) is 2.32. The smallest absolute Gasteiger partial charge is 0.325 e. The standard InChI is InChI=1S/C6H10NO2S/c1-9-6(8)5-4-7-2-3-10-5/h7H,2-4H2,1H3. The molecule has 1 rings (SSSR count). The van der Waals surface area contributed by atoms with Gasteiger partial charge in [-0.15, -0.1) is 11.8 Å². The van der Waals surface area contributed by atoms with Crippen LogP contribution in [-0.2, 0) is 9.53 Å². The minimum atomic E-state index is -0.197. The maximum absolute atomic E-state index is 10.8. The molecule has 0 aromatic rings. The van der Waals surface area contributed by atoms with Crippen molar-refractivity contribution in [3.8, 4) is 0 Å². The second-order valence-electron chi connectivity index (χ2n) is 1.94. The predicted octanol–water partition coefficient (Wildman–Crippen LogP) is 0.0278. The van der Waals surface area contributed by atoms with Crippen LogP contribution < -0.4 is 5.32 Å². The second-order valence-corrected chi connectivity index (χ2v) is 3.13. The molecule has 0 atom stereocenters. The Morgan fingerprint density at radius 1 is 1.80 bits per heavy atom. The number of esters is 1. The van der Waals surface area contributed by atoms with Gasteiger partial charge in [-0.1, -0.05) is 0 Å². The SMILES string of the molecule is COC(=O)[C]1CNCCS1. The van der Waals surface area contributed by atoms with Crippen LogP contribution in [0.5, 0.6) is 0 Å². The predicted molar refractivity (Wildman–Crippen MR) is 40.6 cm³/mol. The van der Waals surface area contributed by atoms with Crippen molar-refractivity contribution < 1.29 is 9.53 Å². The molecule has 1 aliphatic rings. The maximum atomic E-state index is 10.8. The average molecular weight is 160 g/mol. The molecule has 1 fully saturated rings. The first kappa shape index (κ1) is 7.88. The van der Waals surface area contributed by atoms with Gasteiger partial charge in [0.25, 0.3) is 0 Å². The zero-order valence-electron chi connectivity index (χ0n) is 5.85. The highest BCUT2D eigenvalue weighted by Crippen LogP contribution is 2.21. The number of hydrogen-bond donors (Lipinski definition) is 1. The van der Waals surface area contributed by atoms with E-state index in [1.54, 1.807) is 11.8 Å². The molecular formula is C6H10NO2S. The van der Waals surface area contributed by atoms with Crippen molar-refractivity contribution >= 4 is 17.7 Å². The van der Waals surface area contributed by atoms with E-state index in [9.17, 15) is 4.79 Å². The van der Waals surface area contributed by atoms with Gasteiger partial charge in [0.2, 0.25) is 0 Å². The summed E-state index contributed by atoms with van der Waals surface area (Å²) in [4.78, 5) is 10.8. The number of ether oxygens (including phenoxy) is 1. The number of methoxy groups -OCH3 is 1. The zero-order chi connectivity index (χ0) is 7.40. The summed E-state index contributed by atoms with van der Waals surface area (Å²) >= 11 is 1.58. The lowest BCUT2D eigenvalue weighted by Crippen LogP contribution is -2.32. The molecule has 0 spiro atoms. The van der Waals surface area contributed by atoms with Crippen molar-refractivity contribution in [1.29, 1.82) is 0 Å². The molecule has 0 aromatic carbocycles. The van der Waals surface area contributed by atoms with Gasteiger partial charge in [0, 0.05) is 18.8 Å². The molecule has 0 saturated carbocycles. The zero-order valence-corrected chi connectivity index (χ0v) is 6.66. The highest BCUT2D eigenvalue weighted by molar-refractivity contribution is 8.03. The molecule has 0 amide bonds. The Morgan fingerprint density at radius 2 is 2.60 bits per heavy atom. The summed E-state index contributed by atoms with van der Waals surface area (Å²) in [6, 6.07) is 0. The lowest BCUT2D eigenvalue weighted by atomic mass is 10.4. The van der Waals surface area contributed by atoms with E-state index < -0.39 is 0 Å². The fraction of sp³-hybridized carbons (Fsp3) is 0.667. The van der Waals surface area contributed by atoms with E-state index in [0.29, 0.717) is 6.54 Å². The summed E-state index contributed by atoms with van der Waals surface area (Å²) in [6.45, 7) is 1.64. The van der Waals surface area contributed by atoms with Gasteiger partial charge in [-0.25, -0.2) is 0 Å². The van der Waals surface area contributed by atoms with E-state index in [2.05, 4.69) is 10.1 Å².